The van der Waals surface area contributed by atoms with Crippen molar-refractivity contribution in [3.63, 3.8) is 0 Å². The molecule has 0 fully saturated rings. The molecule has 1 heterocycles. The van der Waals surface area contributed by atoms with Crippen LogP contribution in [0.4, 0.5) is 0 Å². The second-order valence-electron chi connectivity index (χ2n) is 7.58. The summed E-state index contributed by atoms with van der Waals surface area (Å²) in [6, 6.07) is 20.9. The number of aryl methyl sites for hydroxylation is 2. The van der Waals surface area contributed by atoms with Gasteiger partial charge in [0.1, 0.15) is 28.7 Å². The van der Waals surface area contributed by atoms with Crippen LogP contribution >= 0.6 is 0 Å². The molecular weight excluding hydrogens is 402 g/mol. The van der Waals surface area contributed by atoms with E-state index in [1.807, 2.05) is 87.5 Å². The minimum absolute atomic E-state index is 0.361. The van der Waals surface area contributed by atoms with Crippen molar-refractivity contribution in [2.24, 2.45) is 0 Å². The van der Waals surface area contributed by atoms with Crippen molar-refractivity contribution in [2.75, 3.05) is 0 Å². The lowest BCUT2D eigenvalue weighted by atomic mass is 10.0. The number of hydrogen-bond acceptors (Lipinski definition) is 5. The van der Waals surface area contributed by atoms with Crippen LogP contribution in [0.3, 0.4) is 0 Å². The van der Waals surface area contributed by atoms with Gasteiger partial charge in [-0.3, -0.25) is 9.78 Å². The topological polar surface area (TPSA) is 57.6 Å². The number of carbonyl (C=O) groups excluding carboxylic acids is 1. The number of ether oxygens (including phenoxy) is 3. The fourth-order valence-electron chi connectivity index (χ4n) is 3.57. The van der Waals surface area contributed by atoms with E-state index >= 15 is 0 Å². The van der Waals surface area contributed by atoms with Crippen molar-refractivity contribution in [3.8, 4) is 28.7 Å². The molecule has 0 aliphatic rings. The van der Waals surface area contributed by atoms with Crippen LogP contribution in [0.2, 0.25) is 0 Å². The van der Waals surface area contributed by atoms with Crippen LogP contribution in [0.1, 0.15) is 30.7 Å². The summed E-state index contributed by atoms with van der Waals surface area (Å²) >= 11 is 0. The van der Waals surface area contributed by atoms with E-state index in [1.165, 1.54) is 6.92 Å². The Bertz CT molecular complexity index is 1260. The lowest BCUT2D eigenvalue weighted by Gasteiger charge is -2.16. The first-order chi connectivity index (χ1) is 15.4. The molecule has 0 aliphatic heterocycles. The normalized spacial score (nSPS) is 10.8. The highest BCUT2D eigenvalue weighted by Crippen LogP contribution is 2.37. The Labute approximate surface area is 187 Å². The van der Waals surface area contributed by atoms with Gasteiger partial charge in [0.2, 0.25) is 0 Å². The minimum Gasteiger partial charge on any atom is -0.457 e. The van der Waals surface area contributed by atoms with Crippen molar-refractivity contribution in [1.82, 2.24) is 4.98 Å². The van der Waals surface area contributed by atoms with E-state index in [-0.39, 0.29) is 5.97 Å². The monoisotopic (exact) mass is 427 g/mol. The predicted octanol–water partition coefficient (Wildman–Crippen LogP) is 6.92. The van der Waals surface area contributed by atoms with Crippen LogP contribution in [-0.4, -0.2) is 11.0 Å². The largest absolute Gasteiger partial charge is 0.457 e. The van der Waals surface area contributed by atoms with Crippen LogP contribution in [0.5, 0.6) is 28.7 Å². The van der Waals surface area contributed by atoms with Crippen molar-refractivity contribution in [3.05, 3.63) is 83.6 Å². The third-order valence-corrected chi connectivity index (χ3v) is 5.18. The Balaban J connectivity index is 1.65. The van der Waals surface area contributed by atoms with Gasteiger partial charge in [-0.15, -0.1) is 0 Å². The van der Waals surface area contributed by atoms with Gasteiger partial charge < -0.3 is 14.2 Å². The van der Waals surface area contributed by atoms with Gasteiger partial charge in [0, 0.05) is 23.6 Å². The summed E-state index contributed by atoms with van der Waals surface area (Å²) in [5, 5.41) is 0.750. The Kier molecular flexibility index (Phi) is 6.08. The number of esters is 1. The molecule has 0 atom stereocenters. The summed E-state index contributed by atoms with van der Waals surface area (Å²) in [5.41, 5.74) is 3.50. The molecule has 0 amide bonds. The fraction of sp³-hybridized carbons (Fsp3) is 0.185. The molecular formula is C27H25NO4. The zero-order valence-corrected chi connectivity index (χ0v) is 18.6. The maximum atomic E-state index is 11.7. The van der Waals surface area contributed by atoms with Crippen LogP contribution < -0.4 is 14.2 Å². The van der Waals surface area contributed by atoms with E-state index in [9.17, 15) is 4.79 Å². The Morgan fingerprint density at radius 3 is 2.12 bits per heavy atom. The average Bonchev–Trinajstić information content (AvgIpc) is 2.78. The third-order valence-electron chi connectivity index (χ3n) is 5.18. The van der Waals surface area contributed by atoms with E-state index in [0.29, 0.717) is 17.2 Å². The zero-order chi connectivity index (χ0) is 22.7. The summed E-state index contributed by atoms with van der Waals surface area (Å²) in [7, 11) is 0. The van der Waals surface area contributed by atoms with Crippen LogP contribution in [0.25, 0.3) is 10.9 Å². The van der Waals surface area contributed by atoms with E-state index in [0.717, 1.165) is 45.6 Å². The third kappa shape index (κ3) is 4.57. The quantitative estimate of drug-likeness (QED) is 0.313. The number of nitrogens with zero attached hydrogens (tertiary/aromatic N) is 1. The highest BCUT2D eigenvalue weighted by molar-refractivity contribution is 5.91. The maximum Gasteiger partial charge on any atom is 0.308 e. The molecule has 162 valence electrons. The summed E-state index contributed by atoms with van der Waals surface area (Å²) < 4.78 is 17.6. The SMILES string of the molecule is CCc1nc2cc(C)c(Oc3ccc(Oc4ccccc4)cc3)cc2c(OC(C)=O)c1C. The second-order valence-corrected chi connectivity index (χ2v) is 7.58. The highest BCUT2D eigenvalue weighted by atomic mass is 16.5. The first-order valence-corrected chi connectivity index (χ1v) is 10.6. The number of fused-ring (bicyclic) bond motifs is 1. The number of para-hydroxylation sites is 1. The van der Waals surface area contributed by atoms with E-state index in [4.69, 9.17) is 19.2 Å². The molecule has 0 spiro atoms. The Morgan fingerprint density at radius 1 is 0.875 bits per heavy atom. The maximum absolute atomic E-state index is 11.7. The van der Waals surface area contributed by atoms with Crippen LogP contribution in [-0.2, 0) is 11.2 Å². The molecule has 0 saturated carbocycles. The summed E-state index contributed by atoms with van der Waals surface area (Å²) in [6.07, 6.45) is 0.755. The standard InChI is InChI=1S/C27H25NO4/c1-5-24-18(3)27(30-19(4)29)23-16-26(17(2)15-25(23)28-24)32-22-13-11-21(12-14-22)31-20-9-7-6-8-10-20/h6-16H,5H2,1-4H3. The molecule has 4 rings (SSSR count). The summed E-state index contributed by atoms with van der Waals surface area (Å²) in [6.45, 7) is 7.34. The van der Waals surface area contributed by atoms with Crippen molar-refractivity contribution < 1.29 is 19.0 Å². The molecule has 0 unspecified atom stereocenters. The van der Waals surface area contributed by atoms with Crippen LogP contribution in [0, 0.1) is 13.8 Å². The molecule has 5 heteroatoms. The first-order valence-electron chi connectivity index (χ1n) is 10.6. The fourth-order valence-corrected chi connectivity index (χ4v) is 3.57. The number of carbonyl (C=O) groups is 1. The smallest absolute Gasteiger partial charge is 0.308 e. The second kappa shape index (κ2) is 9.10. The molecule has 0 radical (unpaired) electrons. The Morgan fingerprint density at radius 2 is 1.50 bits per heavy atom. The van der Waals surface area contributed by atoms with Gasteiger partial charge in [-0.25, -0.2) is 0 Å². The van der Waals surface area contributed by atoms with Crippen molar-refractivity contribution in [2.45, 2.75) is 34.1 Å². The molecule has 0 aliphatic carbocycles. The highest BCUT2D eigenvalue weighted by Gasteiger charge is 2.16. The van der Waals surface area contributed by atoms with Gasteiger partial charge in [-0.2, -0.15) is 0 Å². The van der Waals surface area contributed by atoms with Crippen LogP contribution in [0.15, 0.2) is 66.7 Å². The molecule has 1 aromatic heterocycles. The minimum atomic E-state index is -0.361. The van der Waals surface area contributed by atoms with E-state index in [2.05, 4.69) is 0 Å². The van der Waals surface area contributed by atoms with Crippen molar-refractivity contribution >= 4 is 16.9 Å². The van der Waals surface area contributed by atoms with E-state index in [1.54, 1.807) is 0 Å². The van der Waals surface area contributed by atoms with E-state index < -0.39 is 0 Å². The number of benzene rings is 3. The zero-order valence-electron chi connectivity index (χ0n) is 18.6. The van der Waals surface area contributed by atoms with Gasteiger partial charge >= 0.3 is 5.97 Å². The van der Waals surface area contributed by atoms with Gasteiger partial charge in [0.25, 0.3) is 0 Å². The number of hydrogen-bond donors (Lipinski definition) is 0. The molecule has 0 N–H and O–H groups in total. The van der Waals surface area contributed by atoms with Gasteiger partial charge in [0.05, 0.1) is 5.52 Å². The predicted molar refractivity (Wildman–Crippen MR) is 125 cm³/mol. The number of pyridine rings is 1. The molecule has 32 heavy (non-hydrogen) atoms. The molecule has 3 aromatic carbocycles. The van der Waals surface area contributed by atoms with Crippen molar-refractivity contribution in [1.29, 1.82) is 0 Å². The molecule has 0 saturated heterocycles. The average molecular weight is 428 g/mol. The lowest BCUT2D eigenvalue weighted by Crippen LogP contribution is -2.06. The Hall–Kier alpha value is -3.86. The van der Waals surface area contributed by atoms with Gasteiger partial charge in [0.15, 0.2) is 0 Å². The molecule has 5 nitrogen and oxygen atoms in total. The van der Waals surface area contributed by atoms with Gasteiger partial charge in [-0.05, 0) is 74.4 Å². The summed E-state index contributed by atoms with van der Waals surface area (Å²) in [5.74, 6) is 3.03. The number of rotatable bonds is 6. The van der Waals surface area contributed by atoms with Gasteiger partial charge in [-0.1, -0.05) is 25.1 Å². The first kappa shape index (κ1) is 21.4. The number of aromatic nitrogens is 1. The lowest BCUT2D eigenvalue weighted by molar-refractivity contribution is -0.131. The summed E-state index contributed by atoms with van der Waals surface area (Å²) in [4.78, 5) is 16.5. The molecule has 0 bridgehead atoms. The molecule has 4 aromatic rings.